The fraction of sp³-hybridized carbons (Fsp3) is 1.00. The summed E-state index contributed by atoms with van der Waals surface area (Å²) in [6, 6.07) is 0. The number of ether oxygens (including phenoxy) is 2. The van der Waals surface area contributed by atoms with Crippen molar-refractivity contribution in [3.8, 4) is 0 Å². The molecule has 0 saturated carbocycles. The van der Waals surface area contributed by atoms with Crippen LogP contribution in [0.4, 0.5) is 0 Å². The third-order valence-electron chi connectivity index (χ3n) is 4.30. The van der Waals surface area contributed by atoms with Crippen LogP contribution in [0.5, 0.6) is 0 Å². The van der Waals surface area contributed by atoms with Gasteiger partial charge in [0.2, 0.25) is 0 Å². The molecule has 2 heteroatoms. The maximum absolute atomic E-state index is 6.18. The Bertz CT molecular complexity index is 199. The molecule has 1 saturated heterocycles. The summed E-state index contributed by atoms with van der Waals surface area (Å²) >= 11 is 0. The second-order valence-electron chi connectivity index (χ2n) is 6.27. The van der Waals surface area contributed by atoms with E-state index >= 15 is 0 Å². The summed E-state index contributed by atoms with van der Waals surface area (Å²) in [5, 5.41) is 0. The van der Waals surface area contributed by atoms with Crippen molar-refractivity contribution in [2.75, 3.05) is 0 Å². The number of rotatable bonds is 12. The van der Waals surface area contributed by atoms with E-state index in [1.807, 2.05) is 0 Å². The van der Waals surface area contributed by atoms with Crippen molar-refractivity contribution in [2.24, 2.45) is 0 Å². The zero-order chi connectivity index (χ0) is 14.6. The summed E-state index contributed by atoms with van der Waals surface area (Å²) in [4.78, 5) is 0. The van der Waals surface area contributed by atoms with Gasteiger partial charge in [-0.1, -0.05) is 72.1 Å². The van der Waals surface area contributed by atoms with E-state index in [1.54, 1.807) is 0 Å². The minimum atomic E-state index is 0.0832. The summed E-state index contributed by atoms with van der Waals surface area (Å²) in [5.74, 6) is 0. The zero-order valence-corrected chi connectivity index (χ0v) is 14.0. The van der Waals surface area contributed by atoms with Crippen LogP contribution < -0.4 is 0 Å². The third kappa shape index (κ3) is 7.08. The Hall–Kier alpha value is -0.0800. The first-order chi connectivity index (χ1) is 9.81. The molecule has 0 amide bonds. The zero-order valence-electron chi connectivity index (χ0n) is 14.0. The summed E-state index contributed by atoms with van der Waals surface area (Å²) in [5.41, 5.74) is 0. The van der Waals surface area contributed by atoms with Crippen molar-refractivity contribution < 1.29 is 9.47 Å². The van der Waals surface area contributed by atoms with Gasteiger partial charge in [-0.3, -0.25) is 0 Å². The van der Waals surface area contributed by atoms with Crippen LogP contribution in [0.1, 0.15) is 97.8 Å². The highest BCUT2D eigenvalue weighted by atomic mass is 16.7. The maximum atomic E-state index is 6.18. The van der Waals surface area contributed by atoms with E-state index in [0.29, 0.717) is 12.2 Å². The monoisotopic (exact) mass is 284 g/mol. The van der Waals surface area contributed by atoms with Crippen molar-refractivity contribution in [2.45, 2.75) is 116 Å². The molecule has 0 spiro atoms. The van der Waals surface area contributed by atoms with Gasteiger partial charge in [-0.15, -0.1) is 0 Å². The molecule has 1 fully saturated rings. The highest BCUT2D eigenvalue weighted by Crippen LogP contribution is 2.29. The topological polar surface area (TPSA) is 18.5 Å². The van der Waals surface area contributed by atoms with E-state index in [-0.39, 0.29) is 6.29 Å². The van der Waals surface area contributed by atoms with Gasteiger partial charge in [-0.05, 0) is 25.7 Å². The van der Waals surface area contributed by atoms with Gasteiger partial charge in [0.15, 0.2) is 6.29 Å². The van der Waals surface area contributed by atoms with Crippen molar-refractivity contribution in [1.82, 2.24) is 0 Å². The minimum Gasteiger partial charge on any atom is -0.347 e. The molecule has 0 unspecified atom stereocenters. The Labute approximate surface area is 126 Å². The normalized spacial score (nSPS) is 23.6. The summed E-state index contributed by atoms with van der Waals surface area (Å²) < 4.78 is 12.4. The molecule has 120 valence electrons. The quantitative estimate of drug-likeness (QED) is 0.419. The van der Waals surface area contributed by atoms with Gasteiger partial charge >= 0.3 is 0 Å². The van der Waals surface area contributed by atoms with Crippen molar-refractivity contribution in [3.63, 3.8) is 0 Å². The first kappa shape index (κ1) is 18.0. The average Bonchev–Trinajstić information content (AvgIpc) is 2.82. The SMILES string of the molecule is CCCCCC1O[C@@H](CCCCC)[C@H](CCCCC)O1. The molecule has 2 nitrogen and oxygen atoms in total. The van der Waals surface area contributed by atoms with Crippen LogP contribution >= 0.6 is 0 Å². The van der Waals surface area contributed by atoms with Crippen LogP contribution in [-0.2, 0) is 9.47 Å². The molecule has 0 aromatic carbocycles. The molecule has 0 aromatic heterocycles. The third-order valence-corrected chi connectivity index (χ3v) is 4.30. The molecule has 0 N–H and O–H groups in total. The van der Waals surface area contributed by atoms with Crippen molar-refractivity contribution in [1.29, 1.82) is 0 Å². The van der Waals surface area contributed by atoms with E-state index in [2.05, 4.69) is 20.8 Å². The Balaban J connectivity index is 2.31. The Morgan fingerprint density at radius 2 is 0.950 bits per heavy atom. The first-order valence-electron chi connectivity index (χ1n) is 9.12. The molecule has 0 aliphatic carbocycles. The smallest absolute Gasteiger partial charge is 0.158 e. The lowest BCUT2D eigenvalue weighted by molar-refractivity contribution is -0.0729. The molecule has 0 bridgehead atoms. The lowest BCUT2D eigenvalue weighted by Gasteiger charge is -2.16. The van der Waals surface area contributed by atoms with Gasteiger partial charge in [-0.2, -0.15) is 0 Å². The van der Waals surface area contributed by atoms with Crippen molar-refractivity contribution in [3.05, 3.63) is 0 Å². The predicted octanol–water partition coefficient (Wildman–Crippen LogP) is 5.84. The van der Waals surface area contributed by atoms with Crippen LogP contribution in [0.25, 0.3) is 0 Å². The molecule has 1 rings (SSSR count). The molecule has 20 heavy (non-hydrogen) atoms. The van der Waals surface area contributed by atoms with Crippen LogP contribution in [-0.4, -0.2) is 18.5 Å². The molecule has 2 atom stereocenters. The van der Waals surface area contributed by atoms with Crippen LogP contribution in [0.3, 0.4) is 0 Å². The van der Waals surface area contributed by atoms with E-state index in [1.165, 1.54) is 70.6 Å². The minimum absolute atomic E-state index is 0.0832. The molecular formula is C18H36O2. The van der Waals surface area contributed by atoms with E-state index in [9.17, 15) is 0 Å². The van der Waals surface area contributed by atoms with E-state index in [4.69, 9.17) is 9.47 Å². The first-order valence-corrected chi connectivity index (χ1v) is 9.12. The number of hydrogen-bond donors (Lipinski definition) is 0. The van der Waals surface area contributed by atoms with Gasteiger partial charge < -0.3 is 9.47 Å². The highest BCUT2D eigenvalue weighted by Gasteiger charge is 2.34. The van der Waals surface area contributed by atoms with Gasteiger partial charge in [0, 0.05) is 0 Å². The molecule has 1 aliphatic heterocycles. The van der Waals surface area contributed by atoms with Gasteiger partial charge in [0.25, 0.3) is 0 Å². The van der Waals surface area contributed by atoms with Gasteiger partial charge in [0.05, 0.1) is 12.2 Å². The van der Waals surface area contributed by atoms with E-state index in [0.717, 1.165) is 6.42 Å². The number of unbranched alkanes of at least 4 members (excludes halogenated alkanes) is 6. The molecular weight excluding hydrogens is 248 g/mol. The highest BCUT2D eigenvalue weighted by molar-refractivity contribution is 4.78. The van der Waals surface area contributed by atoms with E-state index < -0.39 is 0 Å². The Morgan fingerprint density at radius 3 is 1.35 bits per heavy atom. The molecule has 0 radical (unpaired) electrons. The standard InChI is InChI=1S/C18H36O2/c1-4-7-10-13-16-17(14-11-8-5-2)20-18(19-16)15-12-9-6-3/h16-18H,4-15H2,1-3H3/t16-,17-/m0/s1. The van der Waals surface area contributed by atoms with Crippen LogP contribution in [0, 0.1) is 0 Å². The predicted molar refractivity (Wildman–Crippen MR) is 86.0 cm³/mol. The van der Waals surface area contributed by atoms with Gasteiger partial charge in [0.1, 0.15) is 0 Å². The summed E-state index contributed by atoms with van der Waals surface area (Å²) in [7, 11) is 0. The Morgan fingerprint density at radius 1 is 0.550 bits per heavy atom. The van der Waals surface area contributed by atoms with Crippen LogP contribution in [0.2, 0.25) is 0 Å². The average molecular weight is 284 g/mol. The second kappa shape index (κ2) is 11.6. The second-order valence-corrected chi connectivity index (χ2v) is 6.27. The maximum Gasteiger partial charge on any atom is 0.158 e. The molecule has 1 heterocycles. The van der Waals surface area contributed by atoms with Gasteiger partial charge in [-0.25, -0.2) is 0 Å². The van der Waals surface area contributed by atoms with Crippen LogP contribution in [0.15, 0.2) is 0 Å². The molecule has 1 aliphatic rings. The number of hydrogen-bond acceptors (Lipinski definition) is 2. The lowest BCUT2D eigenvalue weighted by atomic mass is 10.0. The largest absolute Gasteiger partial charge is 0.347 e. The molecule has 0 aromatic rings. The summed E-state index contributed by atoms with van der Waals surface area (Å²) in [6.07, 6.45) is 15.9. The Kier molecular flexibility index (Phi) is 10.4. The fourth-order valence-corrected chi connectivity index (χ4v) is 2.99. The summed E-state index contributed by atoms with van der Waals surface area (Å²) in [6.45, 7) is 6.77. The fourth-order valence-electron chi connectivity index (χ4n) is 2.99. The van der Waals surface area contributed by atoms with Crippen molar-refractivity contribution >= 4 is 0 Å². The lowest BCUT2D eigenvalue weighted by Crippen LogP contribution is -2.22.